The largest absolute Gasteiger partial charge is 0.391 e. The van der Waals surface area contributed by atoms with E-state index in [9.17, 15) is 5.11 Å². The molecule has 0 amide bonds. The van der Waals surface area contributed by atoms with Crippen LogP contribution in [0.3, 0.4) is 0 Å². The lowest BCUT2D eigenvalue weighted by atomic mass is 10.2. The Bertz CT molecular complexity index is 236. The third-order valence-corrected chi connectivity index (χ3v) is 2.98. The average molecular weight is 230 g/mol. The summed E-state index contributed by atoms with van der Waals surface area (Å²) < 4.78 is 10.1. The molecule has 0 aromatic carbocycles. The fraction of sp³-hybridized carbons (Fsp3) is 0.636. The van der Waals surface area contributed by atoms with Gasteiger partial charge in [-0.3, -0.25) is 0 Å². The third kappa shape index (κ3) is 5.89. The number of aliphatic hydroxyl groups is 1. The molecule has 3 nitrogen and oxygen atoms in total. The molecule has 0 bridgehead atoms. The van der Waals surface area contributed by atoms with Crippen LogP contribution in [0.15, 0.2) is 17.5 Å². The molecule has 0 spiro atoms. The van der Waals surface area contributed by atoms with Crippen LogP contribution in [0.1, 0.15) is 11.3 Å². The number of ether oxygens (including phenoxy) is 2. The molecule has 0 saturated carbocycles. The molecule has 0 aliphatic heterocycles. The first-order chi connectivity index (χ1) is 7.33. The Morgan fingerprint density at radius 2 is 2.33 bits per heavy atom. The first-order valence-electron chi connectivity index (χ1n) is 5.10. The molecule has 1 rings (SSSR count). The van der Waals surface area contributed by atoms with Crippen LogP contribution in [0, 0.1) is 0 Å². The van der Waals surface area contributed by atoms with Gasteiger partial charge in [0.05, 0.1) is 25.9 Å². The summed E-state index contributed by atoms with van der Waals surface area (Å²) in [6.45, 7) is 1.53. The van der Waals surface area contributed by atoms with Crippen molar-refractivity contribution in [2.75, 3.05) is 26.9 Å². The fourth-order valence-electron chi connectivity index (χ4n) is 1.21. The van der Waals surface area contributed by atoms with Crippen molar-refractivity contribution < 1.29 is 14.6 Å². The summed E-state index contributed by atoms with van der Waals surface area (Å²) in [5, 5.41) is 11.6. The van der Waals surface area contributed by atoms with E-state index in [1.54, 1.807) is 18.4 Å². The zero-order valence-electron chi connectivity index (χ0n) is 9.02. The van der Waals surface area contributed by atoms with Crippen LogP contribution < -0.4 is 0 Å². The van der Waals surface area contributed by atoms with Gasteiger partial charge in [-0.15, -0.1) is 11.3 Å². The quantitative estimate of drug-likeness (QED) is 0.691. The molecular weight excluding hydrogens is 212 g/mol. The molecule has 0 radical (unpaired) electrons. The second-order valence-corrected chi connectivity index (χ2v) is 4.37. The van der Waals surface area contributed by atoms with Crippen molar-refractivity contribution in [3.63, 3.8) is 0 Å². The predicted molar refractivity (Wildman–Crippen MR) is 61.3 cm³/mol. The summed E-state index contributed by atoms with van der Waals surface area (Å²) in [6.07, 6.45) is 1.31. The summed E-state index contributed by atoms with van der Waals surface area (Å²) in [4.78, 5) is 1.31. The highest BCUT2D eigenvalue weighted by Crippen LogP contribution is 2.12. The van der Waals surface area contributed by atoms with E-state index in [0.717, 1.165) is 12.8 Å². The van der Waals surface area contributed by atoms with Crippen LogP contribution in [0.2, 0.25) is 0 Å². The van der Waals surface area contributed by atoms with Crippen molar-refractivity contribution in [1.82, 2.24) is 0 Å². The van der Waals surface area contributed by atoms with E-state index in [4.69, 9.17) is 9.47 Å². The van der Waals surface area contributed by atoms with Gasteiger partial charge in [0.25, 0.3) is 0 Å². The van der Waals surface area contributed by atoms with Gasteiger partial charge in [0.1, 0.15) is 0 Å². The first-order valence-corrected chi connectivity index (χ1v) is 5.98. The lowest BCUT2D eigenvalue weighted by Gasteiger charge is -2.10. The second-order valence-electron chi connectivity index (χ2n) is 3.34. The van der Waals surface area contributed by atoms with Crippen LogP contribution in [0.25, 0.3) is 0 Å². The highest BCUT2D eigenvalue weighted by atomic mass is 32.1. The lowest BCUT2D eigenvalue weighted by molar-refractivity contribution is 0.0106. The molecule has 15 heavy (non-hydrogen) atoms. The molecule has 1 unspecified atom stereocenters. The zero-order valence-corrected chi connectivity index (χ0v) is 9.83. The van der Waals surface area contributed by atoms with Gasteiger partial charge < -0.3 is 14.6 Å². The summed E-state index contributed by atoms with van der Waals surface area (Å²) in [5.74, 6) is 0. The van der Waals surface area contributed by atoms with Crippen molar-refractivity contribution in [3.8, 4) is 0 Å². The van der Waals surface area contributed by atoms with E-state index in [0.29, 0.717) is 19.8 Å². The standard InChI is InChI=1S/C11H18O3S/c1-13-6-7-14-9-10(12)4-5-11-3-2-8-15-11/h2-3,8,10,12H,4-7,9H2,1H3. The monoisotopic (exact) mass is 230 g/mol. The minimum Gasteiger partial charge on any atom is -0.391 e. The number of aryl methyl sites for hydroxylation is 1. The molecular formula is C11H18O3S. The number of hydrogen-bond acceptors (Lipinski definition) is 4. The maximum atomic E-state index is 9.59. The Labute approximate surface area is 94.6 Å². The van der Waals surface area contributed by atoms with E-state index >= 15 is 0 Å². The molecule has 0 saturated heterocycles. The minimum absolute atomic E-state index is 0.371. The predicted octanol–water partition coefficient (Wildman–Crippen LogP) is 1.70. The molecule has 0 fully saturated rings. The van der Waals surface area contributed by atoms with Crippen LogP contribution in [0.5, 0.6) is 0 Å². The molecule has 0 aliphatic rings. The SMILES string of the molecule is COCCOCC(O)CCc1cccs1. The van der Waals surface area contributed by atoms with E-state index < -0.39 is 0 Å². The van der Waals surface area contributed by atoms with Crippen molar-refractivity contribution in [2.24, 2.45) is 0 Å². The Morgan fingerprint density at radius 3 is 3.00 bits per heavy atom. The molecule has 4 heteroatoms. The zero-order chi connectivity index (χ0) is 10.9. The maximum absolute atomic E-state index is 9.59. The summed E-state index contributed by atoms with van der Waals surface area (Å²) in [5.41, 5.74) is 0. The first kappa shape index (κ1) is 12.6. The minimum atomic E-state index is -0.371. The van der Waals surface area contributed by atoms with Crippen molar-refractivity contribution >= 4 is 11.3 Å². The number of hydrogen-bond donors (Lipinski definition) is 1. The number of rotatable bonds is 8. The highest BCUT2D eigenvalue weighted by molar-refractivity contribution is 7.09. The van der Waals surface area contributed by atoms with E-state index in [1.165, 1.54) is 4.88 Å². The fourth-order valence-corrected chi connectivity index (χ4v) is 1.93. The van der Waals surface area contributed by atoms with Gasteiger partial charge in [0.15, 0.2) is 0 Å². The van der Waals surface area contributed by atoms with Gasteiger partial charge in [-0.1, -0.05) is 6.07 Å². The van der Waals surface area contributed by atoms with Gasteiger partial charge in [-0.25, -0.2) is 0 Å². The highest BCUT2D eigenvalue weighted by Gasteiger charge is 2.05. The number of methoxy groups -OCH3 is 1. The van der Waals surface area contributed by atoms with Crippen molar-refractivity contribution in [1.29, 1.82) is 0 Å². The topological polar surface area (TPSA) is 38.7 Å². The number of thiophene rings is 1. The third-order valence-electron chi connectivity index (χ3n) is 2.05. The molecule has 1 N–H and O–H groups in total. The van der Waals surface area contributed by atoms with Gasteiger partial charge in [-0.05, 0) is 24.3 Å². The number of aliphatic hydroxyl groups excluding tert-OH is 1. The normalized spacial score (nSPS) is 12.9. The van der Waals surface area contributed by atoms with Crippen LogP contribution >= 0.6 is 11.3 Å². The summed E-state index contributed by atoms with van der Waals surface area (Å²) >= 11 is 1.72. The smallest absolute Gasteiger partial charge is 0.0777 e. The Kier molecular flexibility index (Phi) is 6.59. The van der Waals surface area contributed by atoms with Crippen LogP contribution in [-0.4, -0.2) is 38.1 Å². The Hall–Kier alpha value is -0.420. The maximum Gasteiger partial charge on any atom is 0.0777 e. The van der Waals surface area contributed by atoms with Crippen molar-refractivity contribution in [3.05, 3.63) is 22.4 Å². The lowest BCUT2D eigenvalue weighted by Crippen LogP contribution is -2.17. The van der Waals surface area contributed by atoms with Crippen LogP contribution in [-0.2, 0) is 15.9 Å². The van der Waals surface area contributed by atoms with Crippen molar-refractivity contribution in [2.45, 2.75) is 18.9 Å². The molecule has 1 aromatic heterocycles. The Balaban J connectivity index is 2.01. The van der Waals surface area contributed by atoms with Gasteiger partial charge in [0.2, 0.25) is 0 Å². The molecule has 86 valence electrons. The van der Waals surface area contributed by atoms with Crippen LogP contribution in [0.4, 0.5) is 0 Å². The van der Waals surface area contributed by atoms with Gasteiger partial charge in [0, 0.05) is 12.0 Å². The second kappa shape index (κ2) is 7.82. The molecule has 1 aromatic rings. The molecule has 1 atom stereocenters. The molecule has 0 aliphatic carbocycles. The summed E-state index contributed by atoms with van der Waals surface area (Å²) in [7, 11) is 1.64. The van der Waals surface area contributed by atoms with Gasteiger partial charge in [-0.2, -0.15) is 0 Å². The van der Waals surface area contributed by atoms with E-state index in [1.807, 2.05) is 6.07 Å². The van der Waals surface area contributed by atoms with E-state index in [2.05, 4.69) is 11.4 Å². The summed E-state index contributed by atoms with van der Waals surface area (Å²) in [6, 6.07) is 4.12. The average Bonchev–Trinajstić information content (AvgIpc) is 2.74. The van der Waals surface area contributed by atoms with Gasteiger partial charge >= 0.3 is 0 Å². The Morgan fingerprint density at radius 1 is 1.47 bits per heavy atom. The molecule has 1 heterocycles. The van der Waals surface area contributed by atoms with E-state index in [-0.39, 0.29) is 6.10 Å².